The van der Waals surface area contributed by atoms with E-state index in [0.717, 1.165) is 11.3 Å². The summed E-state index contributed by atoms with van der Waals surface area (Å²) in [5, 5.41) is 2.89. The third kappa shape index (κ3) is 4.46. The number of hydrogen-bond donors (Lipinski definition) is 3. The molecule has 0 saturated carbocycles. The van der Waals surface area contributed by atoms with Crippen molar-refractivity contribution in [3.05, 3.63) is 67.1 Å². The summed E-state index contributed by atoms with van der Waals surface area (Å²) >= 11 is 0. The Hall–Kier alpha value is -2.73. The summed E-state index contributed by atoms with van der Waals surface area (Å²) in [6.07, 6.45) is 3.32. The molecule has 0 fully saturated rings. The molecule has 134 valence electrons. The van der Waals surface area contributed by atoms with Gasteiger partial charge in [-0.3, -0.25) is 4.57 Å². The van der Waals surface area contributed by atoms with Gasteiger partial charge in [-0.15, -0.1) is 0 Å². The highest BCUT2D eigenvalue weighted by molar-refractivity contribution is 7.71. The second-order valence-electron chi connectivity index (χ2n) is 5.38. The third-order valence-electron chi connectivity index (χ3n) is 3.51. The van der Waals surface area contributed by atoms with Crippen LogP contribution >= 0.6 is 7.60 Å². The zero-order valence-electron chi connectivity index (χ0n) is 14.2. The second-order valence-corrected chi connectivity index (χ2v) is 7.10. The van der Waals surface area contributed by atoms with Gasteiger partial charge in [0.15, 0.2) is 0 Å². The highest BCUT2D eigenvalue weighted by atomic mass is 31.2. The van der Waals surface area contributed by atoms with Crippen LogP contribution in [-0.4, -0.2) is 27.0 Å². The molecule has 0 amide bonds. The van der Waals surface area contributed by atoms with Crippen LogP contribution in [0.2, 0.25) is 0 Å². The number of imidazole rings is 1. The predicted molar refractivity (Wildman–Crippen MR) is 103 cm³/mol. The molecule has 0 aliphatic heterocycles. The lowest BCUT2D eigenvalue weighted by molar-refractivity contribution is 0.286. The summed E-state index contributed by atoms with van der Waals surface area (Å²) in [7, 11) is -4.07. The van der Waals surface area contributed by atoms with Gasteiger partial charge in [0.2, 0.25) is 5.58 Å². The minimum Gasteiger partial charge on any atom is -0.345 e. The van der Waals surface area contributed by atoms with E-state index < -0.39 is 7.60 Å². The number of hydrogen-bond acceptors (Lipinski definition) is 4. The molecule has 7 nitrogen and oxygen atoms in total. The number of amidine groups is 1. The van der Waals surface area contributed by atoms with Gasteiger partial charge in [-0.2, -0.15) is 0 Å². The first-order valence-corrected chi connectivity index (χ1v) is 9.64. The first-order valence-electron chi connectivity index (χ1n) is 8.06. The molecule has 0 saturated heterocycles. The van der Waals surface area contributed by atoms with E-state index in [-0.39, 0.29) is 12.2 Å². The molecule has 0 radical (unpaired) electrons. The van der Waals surface area contributed by atoms with Gasteiger partial charge in [0.1, 0.15) is 0 Å². The number of nitrogens with zero attached hydrogens (tertiary/aromatic N) is 2. The Bertz CT molecular complexity index is 909. The van der Waals surface area contributed by atoms with Crippen molar-refractivity contribution < 1.29 is 14.0 Å². The molecular weight excluding hydrogens is 351 g/mol. The standard InChI is InChI=1S/C18H19N4O3P/c1-2-25-26(23,24)18(21-15-6-4-3-5-7-15)22-16-10-8-14(9-11-16)17-12-19-13-20-17/h3-13H,2H2,1H3,(H,19,20)(H,21,22)(H,23,24). The maximum Gasteiger partial charge on any atom is 0.393 e. The van der Waals surface area contributed by atoms with Crippen molar-refractivity contribution in [3.63, 3.8) is 0 Å². The fourth-order valence-corrected chi connectivity index (χ4v) is 3.28. The molecule has 3 N–H and O–H groups in total. The Labute approximate surface area is 151 Å². The summed E-state index contributed by atoms with van der Waals surface area (Å²) in [5.41, 5.74) is 2.87. The number of benzene rings is 2. The van der Waals surface area contributed by atoms with E-state index in [0.29, 0.717) is 11.4 Å². The number of aliphatic imine (C=N–C) groups is 1. The van der Waals surface area contributed by atoms with E-state index in [4.69, 9.17) is 4.52 Å². The molecule has 1 aromatic heterocycles. The zero-order chi connectivity index (χ0) is 18.4. The maximum atomic E-state index is 12.5. The first kappa shape index (κ1) is 18.1. The number of rotatable bonds is 6. The number of aromatic amines is 1. The second kappa shape index (κ2) is 8.10. The van der Waals surface area contributed by atoms with E-state index in [1.54, 1.807) is 43.7 Å². The number of aromatic nitrogens is 2. The molecule has 0 aliphatic carbocycles. The first-order chi connectivity index (χ1) is 12.6. The van der Waals surface area contributed by atoms with Crippen molar-refractivity contribution in [2.24, 2.45) is 4.99 Å². The fraction of sp³-hybridized carbons (Fsp3) is 0.111. The SMILES string of the molecule is CCOP(=O)(O)C(=Nc1ccc(-c2cnc[nH]2)cc1)Nc1ccccc1. The van der Waals surface area contributed by atoms with Gasteiger partial charge in [-0.25, -0.2) is 9.98 Å². The molecule has 3 rings (SSSR count). The highest BCUT2D eigenvalue weighted by Crippen LogP contribution is 2.44. The van der Waals surface area contributed by atoms with E-state index in [2.05, 4.69) is 20.3 Å². The average molecular weight is 370 g/mol. The minimum atomic E-state index is -4.07. The Morgan fingerprint density at radius 3 is 2.58 bits per heavy atom. The largest absolute Gasteiger partial charge is 0.393 e. The quantitative estimate of drug-likeness (QED) is 0.339. The van der Waals surface area contributed by atoms with Crippen LogP contribution in [0.15, 0.2) is 72.1 Å². The lowest BCUT2D eigenvalue weighted by atomic mass is 10.1. The summed E-state index contributed by atoms with van der Waals surface area (Å²) in [6, 6.07) is 16.3. The number of nitrogens with one attached hydrogen (secondary N) is 2. The normalized spacial score (nSPS) is 14.0. The summed E-state index contributed by atoms with van der Waals surface area (Å²) in [5.74, 6) is 0. The topological polar surface area (TPSA) is 99.6 Å². The molecule has 1 atom stereocenters. The molecular formula is C18H19N4O3P. The predicted octanol–water partition coefficient (Wildman–Crippen LogP) is 4.40. The molecule has 26 heavy (non-hydrogen) atoms. The number of anilines is 1. The van der Waals surface area contributed by atoms with Gasteiger partial charge in [-0.1, -0.05) is 30.3 Å². The summed E-state index contributed by atoms with van der Waals surface area (Å²) < 4.78 is 17.5. The molecule has 1 heterocycles. The van der Waals surface area contributed by atoms with Gasteiger partial charge in [0, 0.05) is 5.69 Å². The average Bonchev–Trinajstić information content (AvgIpc) is 3.17. The molecule has 8 heteroatoms. The zero-order valence-corrected chi connectivity index (χ0v) is 15.1. The molecule has 0 aliphatic rings. The minimum absolute atomic E-state index is 0.0992. The third-order valence-corrected chi connectivity index (χ3v) is 4.87. The lowest BCUT2D eigenvalue weighted by Crippen LogP contribution is -2.14. The Balaban J connectivity index is 1.91. The van der Waals surface area contributed by atoms with Gasteiger partial charge in [0.05, 0.1) is 30.5 Å². The van der Waals surface area contributed by atoms with Gasteiger partial charge >= 0.3 is 7.60 Å². The van der Waals surface area contributed by atoms with Crippen LogP contribution in [0.3, 0.4) is 0 Å². The van der Waals surface area contributed by atoms with Crippen LogP contribution in [0.4, 0.5) is 11.4 Å². The van der Waals surface area contributed by atoms with Crippen molar-refractivity contribution in [1.29, 1.82) is 0 Å². The van der Waals surface area contributed by atoms with Gasteiger partial charge < -0.3 is 19.7 Å². The Morgan fingerprint density at radius 1 is 1.23 bits per heavy atom. The van der Waals surface area contributed by atoms with Crippen molar-refractivity contribution in [2.45, 2.75) is 6.92 Å². The van der Waals surface area contributed by atoms with Crippen LogP contribution in [0.25, 0.3) is 11.3 Å². The van der Waals surface area contributed by atoms with Gasteiger partial charge in [0.25, 0.3) is 0 Å². The van der Waals surface area contributed by atoms with Crippen molar-refractivity contribution >= 4 is 24.5 Å². The van der Waals surface area contributed by atoms with Crippen molar-refractivity contribution in [3.8, 4) is 11.3 Å². The molecule has 0 bridgehead atoms. The number of H-pyrrole nitrogens is 1. The van der Waals surface area contributed by atoms with Crippen LogP contribution in [0.1, 0.15) is 6.92 Å². The van der Waals surface area contributed by atoms with Crippen LogP contribution in [-0.2, 0) is 9.09 Å². The maximum absolute atomic E-state index is 12.5. The smallest absolute Gasteiger partial charge is 0.345 e. The van der Waals surface area contributed by atoms with Crippen molar-refractivity contribution in [1.82, 2.24) is 9.97 Å². The van der Waals surface area contributed by atoms with E-state index >= 15 is 0 Å². The summed E-state index contributed by atoms with van der Waals surface area (Å²) in [6.45, 7) is 1.75. The monoisotopic (exact) mass is 370 g/mol. The summed E-state index contributed by atoms with van der Waals surface area (Å²) in [4.78, 5) is 21.5. The Morgan fingerprint density at radius 2 is 1.96 bits per heavy atom. The van der Waals surface area contributed by atoms with E-state index in [1.165, 1.54) is 0 Å². The molecule has 2 aromatic carbocycles. The lowest BCUT2D eigenvalue weighted by Gasteiger charge is -2.15. The molecule has 1 unspecified atom stereocenters. The van der Waals surface area contributed by atoms with Gasteiger partial charge in [-0.05, 0) is 36.8 Å². The van der Waals surface area contributed by atoms with Crippen molar-refractivity contribution in [2.75, 3.05) is 11.9 Å². The van der Waals surface area contributed by atoms with Crippen LogP contribution < -0.4 is 5.32 Å². The van der Waals surface area contributed by atoms with Crippen LogP contribution in [0.5, 0.6) is 0 Å². The number of para-hydroxylation sites is 1. The highest BCUT2D eigenvalue weighted by Gasteiger charge is 2.28. The van der Waals surface area contributed by atoms with Crippen LogP contribution in [0, 0.1) is 0 Å². The molecule has 3 aromatic rings. The van der Waals surface area contributed by atoms with E-state index in [9.17, 15) is 9.46 Å². The fourth-order valence-electron chi connectivity index (χ4n) is 2.30. The Kier molecular flexibility index (Phi) is 5.63. The molecule has 0 spiro atoms. The van der Waals surface area contributed by atoms with E-state index in [1.807, 2.05) is 30.3 Å².